The predicted octanol–water partition coefficient (Wildman–Crippen LogP) is 3.93. The van der Waals surface area contributed by atoms with Gasteiger partial charge in [-0.15, -0.1) is 0 Å². The second-order valence-corrected chi connectivity index (χ2v) is 7.15. The first-order chi connectivity index (χ1) is 9.65. The number of ether oxygens (including phenoxy) is 1. The molecule has 1 fully saturated rings. The Morgan fingerprint density at radius 1 is 1.30 bits per heavy atom. The number of aromatic nitrogens is 1. The minimum atomic E-state index is 0.0464. The molecule has 4 heteroatoms. The zero-order chi connectivity index (χ0) is 14.4. The summed E-state index contributed by atoms with van der Waals surface area (Å²) in [5.41, 5.74) is 7.37. The molecule has 112 valence electrons. The van der Waals surface area contributed by atoms with Crippen LogP contribution in [0.25, 0.3) is 0 Å². The van der Waals surface area contributed by atoms with E-state index in [1.54, 1.807) is 6.20 Å². The van der Waals surface area contributed by atoms with Crippen LogP contribution >= 0.6 is 11.8 Å². The number of thioether (sulfide) groups is 1. The third kappa shape index (κ3) is 4.98. The lowest BCUT2D eigenvalue weighted by Crippen LogP contribution is -2.17. The van der Waals surface area contributed by atoms with Crippen molar-refractivity contribution in [2.24, 2.45) is 5.73 Å². The van der Waals surface area contributed by atoms with Gasteiger partial charge < -0.3 is 10.5 Å². The molecule has 2 rings (SSSR count). The SMILES string of the molecule is CC(C)Oc1cncc(C(N)CSC2CCCCC2)c1. The topological polar surface area (TPSA) is 48.1 Å². The van der Waals surface area contributed by atoms with Crippen LogP contribution in [0, 0.1) is 0 Å². The number of nitrogens with two attached hydrogens (primary N) is 1. The minimum absolute atomic E-state index is 0.0464. The molecule has 0 saturated heterocycles. The molecule has 1 atom stereocenters. The summed E-state index contributed by atoms with van der Waals surface area (Å²) in [7, 11) is 0. The van der Waals surface area contributed by atoms with Crippen LogP contribution in [0.2, 0.25) is 0 Å². The fourth-order valence-electron chi connectivity index (χ4n) is 2.54. The Morgan fingerprint density at radius 3 is 2.75 bits per heavy atom. The highest BCUT2D eigenvalue weighted by atomic mass is 32.2. The Balaban J connectivity index is 1.86. The van der Waals surface area contributed by atoms with E-state index in [0.717, 1.165) is 22.3 Å². The number of hydrogen-bond donors (Lipinski definition) is 1. The molecule has 0 radical (unpaired) electrons. The maximum atomic E-state index is 6.30. The number of nitrogens with zero attached hydrogens (tertiary/aromatic N) is 1. The Bertz CT molecular complexity index is 405. The molecule has 0 aromatic carbocycles. The molecular weight excluding hydrogens is 268 g/mol. The third-order valence-electron chi connectivity index (χ3n) is 3.60. The summed E-state index contributed by atoms with van der Waals surface area (Å²) < 4.78 is 5.67. The van der Waals surface area contributed by atoms with Gasteiger partial charge in [0.15, 0.2) is 0 Å². The molecule has 2 N–H and O–H groups in total. The molecule has 3 nitrogen and oxygen atoms in total. The summed E-state index contributed by atoms with van der Waals surface area (Å²) >= 11 is 2.03. The summed E-state index contributed by atoms with van der Waals surface area (Å²) in [6.07, 6.45) is 10.7. The Hall–Kier alpha value is -0.740. The standard InChI is InChI=1S/C16H26N2OS/c1-12(2)19-14-8-13(9-18-10-14)16(17)11-20-15-6-4-3-5-7-15/h8-10,12,15-16H,3-7,11,17H2,1-2H3. The maximum absolute atomic E-state index is 6.30. The van der Waals surface area contributed by atoms with E-state index in [-0.39, 0.29) is 12.1 Å². The van der Waals surface area contributed by atoms with Crippen LogP contribution < -0.4 is 10.5 Å². The van der Waals surface area contributed by atoms with Gasteiger partial charge >= 0.3 is 0 Å². The van der Waals surface area contributed by atoms with E-state index in [0.29, 0.717) is 0 Å². The lowest BCUT2D eigenvalue weighted by atomic mass is 10.0. The smallest absolute Gasteiger partial charge is 0.138 e. The highest BCUT2D eigenvalue weighted by molar-refractivity contribution is 7.99. The molecule has 1 aliphatic carbocycles. The first-order valence-corrected chi connectivity index (χ1v) is 8.69. The van der Waals surface area contributed by atoms with E-state index in [2.05, 4.69) is 4.98 Å². The molecule has 0 spiro atoms. The summed E-state index contributed by atoms with van der Waals surface area (Å²) in [6.45, 7) is 4.04. The van der Waals surface area contributed by atoms with Gasteiger partial charge in [0.1, 0.15) is 5.75 Å². The van der Waals surface area contributed by atoms with E-state index in [1.165, 1.54) is 32.1 Å². The average Bonchev–Trinajstić information content (AvgIpc) is 2.45. The van der Waals surface area contributed by atoms with Crippen LogP contribution in [0.3, 0.4) is 0 Å². The monoisotopic (exact) mass is 294 g/mol. The molecule has 1 heterocycles. The molecule has 0 amide bonds. The van der Waals surface area contributed by atoms with E-state index >= 15 is 0 Å². The summed E-state index contributed by atoms with van der Waals surface area (Å²) in [5.74, 6) is 1.79. The largest absolute Gasteiger partial charge is 0.489 e. The van der Waals surface area contributed by atoms with Crippen molar-refractivity contribution >= 4 is 11.8 Å². The van der Waals surface area contributed by atoms with Gasteiger partial charge in [0.2, 0.25) is 0 Å². The van der Waals surface area contributed by atoms with E-state index in [9.17, 15) is 0 Å². The van der Waals surface area contributed by atoms with Crippen molar-refractivity contribution in [3.8, 4) is 5.75 Å². The van der Waals surface area contributed by atoms with Gasteiger partial charge in [0.25, 0.3) is 0 Å². The lowest BCUT2D eigenvalue weighted by Gasteiger charge is -2.22. The van der Waals surface area contributed by atoms with Gasteiger partial charge in [-0.2, -0.15) is 11.8 Å². The maximum Gasteiger partial charge on any atom is 0.138 e. The van der Waals surface area contributed by atoms with Crippen molar-refractivity contribution < 1.29 is 4.74 Å². The van der Waals surface area contributed by atoms with Gasteiger partial charge in [0, 0.05) is 23.2 Å². The normalized spacial score (nSPS) is 18.2. The van der Waals surface area contributed by atoms with Gasteiger partial charge in [-0.05, 0) is 38.3 Å². The highest BCUT2D eigenvalue weighted by Gasteiger charge is 2.16. The van der Waals surface area contributed by atoms with Crippen molar-refractivity contribution in [2.75, 3.05) is 5.75 Å². The van der Waals surface area contributed by atoms with Crippen LogP contribution in [-0.4, -0.2) is 22.1 Å². The molecule has 1 aromatic heterocycles. The van der Waals surface area contributed by atoms with Crippen molar-refractivity contribution in [2.45, 2.75) is 63.3 Å². The molecule has 1 unspecified atom stereocenters. The second-order valence-electron chi connectivity index (χ2n) is 5.82. The van der Waals surface area contributed by atoms with E-state index < -0.39 is 0 Å². The molecule has 1 aromatic rings. The predicted molar refractivity (Wildman–Crippen MR) is 86.3 cm³/mol. The van der Waals surface area contributed by atoms with Crippen LogP contribution in [-0.2, 0) is 0 Å². The van der Waals surface area contributed by atoms with Gasteiger partial charge in [0.05, 0.1) is 12.3 Å². The Morgan fingerprint density at radius 2 is 2.05 bits per heavy atom. The van der Waals surface area contributed by atoms with Gasteiger partial charge in [-0.1, -0.05) is 19.3 Å². The molecule has 1 saturated carbocycles. The van der Waals surface area contributed by atoms with Crippen molar-refractivity contribution in [3.63, 3.8) is 0 Å². The van der Waals surface area contributed by atoms with Crippen molar-refractivity contribution in [3.05, 3.63) is 24.0 Å². The van der Waals surface area contributed by atoms with Crippen molar-refractivity contribution in [1.29, 1.82) is 0 Å². The molecular formula is C16H26N2OS. The zero-order valence-electron chi connectivity index (χ0n) is 12.5. The van der Waals surface area contributed by atoms with E-state index in [1.807, 2.05) is 37.9 Å². The van der Waals surface area contributed by atoms with E-state index in [4.69, 9.17) is 10.5 Å². The number of pyridine rings is 1. The van der Waals surface area contributed by atoms with Crippen LogP contribution in [0.4, 0.5) is 0 Å². The number of rotatable bonds is 6. The number of hydrogen-bond acceptors (Lipinski definition) is 4. The van der Waals surface area contributed by atoms with Crippen LogP contribution in [0.5, 0.6) is 5.75 Å². The summed E-state index contributed by atoms with van der Waals surface area (Å²) in [6, 6.07) is 2.07. The van der Waals surface area contributed by atoms with Gasteiger partial charge in [-0.3, -0.25) is 4.98 Å². The van der Waals surface area contributed by atoms with Gasteiger partial charge in [-0.25, -0.2) is 0 Å². The minimum Gasteiger partial charge on any atom is -0.489 e. The van der Waals surface area contributed by atoms with Crippen LogP contribution in [0.1, 0.15) is 57.6 Å². The quantitative estimate of drug-likeness (QED) is 0.863. The molecule has 0 aliphatic heterocycles. The van der Waals surface area contributed by atoms with Crippen molar-refractivity contribution in [1.82, 2.24) is 4.98 Å². The fourth-order valence-corrected chi connectivity index (χ4v) is 3.88. The summed E-state index contributed by atoms with van der Waals surface area (Å²) in [5, 5.41) is 0.804. The fraction of sp³-hybridized carbons (Fsp3) is 0.688. The Kier molecular flexibility index (Phi) is 6.17. The third-order valence-corrected chi connectivity index (χ3v) is 5.09. The zero-order valence-corrected chi connectivity index (χ0v) is 13.4. The Labute approximate surface area is 126 Å². The highest BCUT2D eigenvalue weighted by Crippen LogP contribution is 2.30. The average molecular weight is 294 g/mol. The first kappa shape index (κ1) is 15.6. The molecule has 1 aliphatic rings. The molecule has 20 heavy (non-hydrogen) atoms. The lowest BCUT2D eigenvalue weighted by molar-refractivity contribution is 0.241. The van der Waals surface area contributed by atoms with Crippen LogP contribution in [0.15, 0.2) is 18.5 Å². The summed E-state index contributed by atoms with van der Waals surface area (Å²) in [4.78, 5) is 4.24. The second kappa shape index (κ2) is 7.89. The first-order valence-electron chi connectivity index (χ1n) is 7.64. The molecule has 0 bridgehead atoms.